The number of aliphatic hydroxyl groups excluding tert-OH is 1. The number of β-amino-alcohol motifs (C(OH)–C–C–N with tert-alkyl or cyclic N) is 1. The number of hydrogen-bond acceptors (Lipinski definition) is 5. The third kappa shape index (κ3) is 4.11. The Labute approximate surface area is 177 Å². The van der Waals surface area contributed by atoms with Gasteiger partial charge in [0, 0.05) is 23.9 Å². The Bertz CT molecular complexity index is 785. The van der Waals surface area contributed by atoms with E-state index in [1.807, 2.05) is 26.8 Å². The Morgan fingerprint density at radius 2 is 1.70 bits per heavy atom. The molecule has 1 aromatic rings. The fourth-order valence-electron chi connectivity index (χ4n) is 4.81. The van der Waals surface area contributed by atoms with Crippen LogP contribution < -0.4 is 5.32 Å². The first-order valence-electron chi connectivity index (χ1n) is 10.9. The van der Waals surface area contributed by atoms with Crippen LogP contribution in [0.1, 0.15) is 63.2 Å². The van der Waals surface area contributed by atoms with E-state index < -0.39 is 35.7 Å². The lowest BCUT2D eigenvalue weighted by atomic mass is 9.91. The highest BCUT2D eigenvalue weighted by atomic mass is 16.8. The first kappa shape index (κ1) is 21.3. The van der Waals surface area contributed by atoms with Gasteiger partial charge in [-0.1, -0.05) is 24.6 Å². The Kier molecular flexibility index (Phi) is 5.64. The second kappa shape index (κ2) is 7.94. The van der Waals surface area contributed by atoms with E-state index in [1.165, 1.54) is 4.90 Å². The largest absolute Gasteiger partial charge is 0.388 e. The van der Waals surface area contributed by atoms with Crippen molar-refractivity contribution < 1.29 is 24.2 Å². The topological polar surface area (TPSA) is 88.1 Å². The van der Waals surface area contributed by atoms with Crippen LogP contribution in [0.5, 0.6) is 0 Å². The zero-order valence-electron chi connectivity index (χ0n) is 18.0. The second-order valence-corrected chi connectivity index (χ2v) is 9.71. The highest BCUT2D eigenvalue weighted by Gasteiger charge is 2.59. The lowest BCUT2D eigenvalue weighted by molar-refractivity contribution is -0.199. The van der Waals surface area contributed by atoms with E-state index >= 15 is 0 Å². The maximum Gasteiger partial charge on any atom is 0.254 e. The van der Waals surface area contributed by atoms with Gasteiger partial charge in [-0.3, -0.25) is 9.59 Å². The highest BCUT2D eigenvalue weighted by molar-refractivity contribution is 5.98. The van der Waals surface area contributed by atoms with Crippen LogP contribution in [-0.2, 0) is 14.3 Å². The maximum atomic E-state index is 13.4. The molecule has 0 bridgehead atoms. The molecular formula is C23H32N2O5. The summed E-state index contributed by atoms with van der Waals surface area (Å²) in [6.45, 7) is 5.73. The monoisotopic (exact) mass is 416 g/mol. The van der Waals surface area contributed by atoms with Gasteiger partial charge in [0.1, 0.15) is 24.4 Å². The van der Waals surface area contributed by atoms with Gasteiger partial charge in [0.15, 0.2) is 5.79 Å². The van der Waals surface area contributed by atoms with Crippen molar-refractivity contribution in [3.8, 4) is 0 Å². The molecule has 4 atom stereocenters. The summed E-state index contributed by atoms with van der Waals surface area (Å²) in [6, 6.07) is 7.97. The average molecular weight is 417 g/mol. The van der Waals surface area contributed by atoms with E-state index in [-0.39, 0.29) is 18.4 Å². The van der Waals surface area contributed by atoms with Crippen LogP contribution >= 0.6 is 0 Å². The van der Waals surface area contributed by atoms with Crippen LogP contribution in [0, 0.1) is 0 Å². The van der Waals surface area contributed by atoms with Crippen LogP contribution in [0.3, 0.4) is 0 Å². The number of nitrogens with one attached hydrogen (secondary N) is 1. The lowest BCUT2D eigenvalue weighted by Crippen LogP contribution is -2.67. The van der Waals surface area contributed by atoms with Crippen molar-refractivity contribution in [2.75, 3.05) is 6.54 Å². The van der Waals surface area contributed by atoms with Gasteiger partial charge in [-0.25, -0.2) is 0 Å². The molecule has 2 N–H and O–H groups in total. The molecule has 30 heavy (non-hydrogen) atoms. The van der Waals surface area contributed by atoms with Gasteiger partial charge >= 0.3 is 0 Å². The van der Waals surface area contributed by atoms with Gasteiger partial charge in [-0.15, -0.1) is 0 Å². The summed E-state index contributed by atoms with van der Waals surface area (Å²) in [7, 11) is 0. The molecule has 1 saturated carbocycles. The Morgan fingerprint density at radius 3 is 2.33 bits per heavy atom. The van der Waals surface area contributed by atoms with Crippen molar-refractivity contribution in [1.29, 1.82) is 0 Å². The smallest absolute Gasteiger partial charge is 0.254 e. The van der Waals surface area contributed by atoms with E-state index in [1.54, 1.807) is 24.3 Å². The van der Waals surface area contributed by atoms with Crippen LogP contribution in [-0.4, -0.2) is 64.0 Å². The third-order valence-corrected chi connectivity index (χ3v) is 6.10. The van der Waals surface area contributed by atoms with E-state index in [9.17, 15) is 14.7 Å². The first-order valence-corrected chi connectivity index (χ1v) is 10.9. The van der Waals surface area contributed by atoms with Crippen molar-refractivity contribution in [3.63, 3.8) is 0 Å². The van der Waals surface area contributed by atoms with Crippen molar-refractivity contribution >= 4 is 11.8 Å². The van der Waals surface area contributed by atoms with Gasteiger partial charge in [-0.2, -0.15) is 0 Å². The molecule has 0 radical (unpaired) electrons. The molecule has 3 aliphatic rings. The SMILES string of the molecule is CC(C)(C)NC(=O)[C@H]1[C@@H]2OC3(CCCCC3)O[C@@H]2[C@H](O)CN1C(=O)c1ccccc1. The molecule has 7 nitrogen and oxygen atoms in total. The number of ether oxygens (including phenoxy) is 2. The quantitative estimate of drug-likeness (QED) is 0.772. The lowest BCUT2D eigenvalue weighted by Gasteiger charge is -2.43. The number of rotatable bonds is 2. The number of carbonyl (C=O) groups excluding carboxylic acids is 2. The van der Waals surface area contributed by atoms with Crippen LogP contribution in [0.15, 0.2) is 30.3 Å². The van der Waals surface area contributed by atoms with Crippen molar-refractivity contribution in [3.05, 3.63) is 35.9 Å². The summed E-state index contributed by atoms with van der Waals surface area (Å²) in [4.78, 5) is 28.1. The van der Waals surface area contributed by atoms with Crippen molar-refractivity contribution in [1.82, 2.24) is 10.2 Å². The molecule has 2 saturated heterocycles. The number of piperidine rings is 1. The molecule has 0 aromatic heterocycles. The zero-order valence-corrected chi connectivity index (χ0v) is 18.0. The minimum absolute atomic E-state index is 0.0244. The van der Waals surface area contributed by atoms with Gasteiger partial charge in [0.05, 0.1) is 6.54 Å². The van der Waals surface area contributed by atoms with Crippen molar-refractivity contribution in [2.45, 2.75) is 88.6 Å². The summed E-state index contributed by atoms with van der Waals surface area (Å²) in [5.41, 5.74) is 0.00883. The third-order valence-electron chi connectivity index (χ3n) is 6.10. The molecule has 2 amide bonds. The molecule has 1 aromatic carbocycles. The van der Waals surface area contributed by atoms with E-state index in [0.717, 1.165) is 32.1 Å². The van der Waals surface area contributed by atoms with Gasteiger partial charge in [0.25, 0.3) is 5.91 Å². The summed E-state index contributed by atoms with van der Waals surface area (Å²) >= 11 is 0. The normalized spacial score (nSPS) is 30.7. The molecule has 2 heterocycles. The second-order valence-electron chi connectivity index (χ2n) is 9.71. The summed E-state index contributed by atoms with van der Waals surface area (Å²) < 4.78 is 12.7. The molecule has 4 rings (SSSR count). The van der Waals surface area contributed by atoms with Crippen LogP contribution in [0.2, 0.25) is 0 Å². The predicted octanol–water partition coefficient (Wildman–Crippen LogP) is 2.23. The summed E-state index contributed by atoms with van der Waals surface area (Å²) in [6.07, 6.45) is 2.34. The Hall–Kier alpha value is -1.96. The number of carbonyl (C=O) groups is 2. The molecule has 2 aliphatic heterocycles. The van der Waals surface area contributed by atoms with E-state index in [4.69, 9.17) is 9.47 Å². The standard InChI is InChI=1S/C23H32N2O5/c1-22(2,3)24-20(27)17-19-18(29-23(30-19)12-8-5-9-13-23)16(26)14-25(17)21(28)15-10-6-4-7-11-15/h4,6-7,10-11,16-19,26H,5,8-9,12-14H2,1-3H3,(H,24,27)/t16-,17-,18-,19+/m1/s1. The first-order chi connectivity index (χ1) is 14.2. The fourth-order valence-corrected chi connectivity index (χ4v) is 4.81. The minimum Gasteiger partial charge on any atom is -0.388 e. The molecular weight excluding hydrogens is 384 g/mol. The number of fused-ring (bicyclic) bond motifs is 1. The van der Waals surface area contributed by atoms with E-state index in [2.05, 4.69) is 5.32 Å². The number of amides is 2. The Morgan fingerprint density at radius 1 is 1.07 bits per heavy atom. The van der Waals surface area contributed by atoms with Crippen molar-refractivity contribution in [2.24, 2.45) is 0 Å². The van der Waals surface area contributed by atoms with Crippen LogP contribution in [0.25, 0.3) is 0 Å². The maximum absolute atomic E-state index is 13.4. The molecule has 1 spiro atoms. The number of likely N-dealkylation sites (tertiary alicyclic amines) is 1. The minimum atomic E-state index is -0.914. The van der Waals surface area contributed by atoms with E-state index in [0.29, 0.717) is 5.56 Å². The molecule has 3 fully saturated rings. The number of hydrogen-bond donors (Lipinski definition) is 2. The number of benzene rings is 1. The van der Waals surface area contributed by atoms with Gasteiger partial charge < -0.3 is 24.8 Å². The molecule has 7 heteroatoms. The number of aliphatic hydroxyl groups is 1. The van der Waals surface area contributed by atoms with Gasteiger partial charge in [-0.05, 0) is 45.7 Å². The molecule has 164 valence electrons. The predicted molar refractivity (Wildman–Crippen MR) is 111 cm³/mol. The summed E-state index contributed by atoms with van der Waals surface area (Å²) in [5.74, 6) is -1.35. The Balaban J connectivity index is 1.67. The summed E-state index contributed by atoms with van der Waals surface area (Å²) in [5, 5.41) is 13.9. The average Bonchev–Trinajstić information content (AvgIpc) is 3.06. The van der Waals surface area contributed by atoms with Crippen LogP contribution in [0.4, 0.5) is 0 Å². The number of nitrogens with zero attached hydrogens (tertiary/aromatic N) is 1. The molecule has 0 unspecified atom stereocenters. The zero-order chi connectivity index (χ0) is 21.5. The van der Waals surface area contributed by atoms with Gasteiger partial charge in [0.2, 0.25) is 5.91 Å². The fraction of sp³-hybridized carbons (Fsp3) is 0.652. The molecule has 1 aliphatic carbocycles. The highest BCUT2D eigenvalue weighted by Crippen LogP contribution is 2.44.